The van der Waals surface area contributed by atoms with Gasteiger partial charge in [-0.2, -0.15) is 0 Å². The van der Waals surface area contributed by atoms with Gasteiger partial charge < -0.3 is 14.8 Å². The van der Waals surface area contributed by atoms with Gasteiger partial charge in [0.15, 0.2) is 6.29 Å². The van der Waals surface area contributed by atoms with Gasteiger partial charge in [0.05, 0.1) is 18.7 Å². The first-order chi connectivity index (χ1) is 11.6. The van der Waals surface area contributed by atoms with Crippen LogP contribution in [0.1, 0.15) is 17.3 Å². The van der Waals surface area contributed by atoms with Crippen molar-refractivity contribution >= 4 is 23.0 Å². The molecule has 4 atom stereocenters. The zero-order valence-corrected chi connectivity index (χ0v) is 13.5. The van der Waals surface area contributed by atoms with Gasteiger partial charge in [-0.05, 0) is 35.4 Å². The van der Waals surface area contributed by atoms with Crippen molar-refractivity contribution in [1.82, 2.24) is 10.3 Å². The molecule has 4 unspecified atom stereocenters. The van der Waals surface area contributed by atoms with E-state index in [2.05, 4.69) is 17.2 Å². The normalized spacial score (nSPS) is 27.5. The molecule has 0 bridgehead atoms. The molecule has 24 heavy (non-hydrogen) atoms. The zero-order valence-electron chi connectivity index (χ0n) is 13.5. The molecular weight excluding hydrogens is 308 g/mol. The molecule has 1 aliphatic carbocycles. The van der Waals surface area contributed by atoms with Crippen molar-refractivity contribution in [1.29, 1.82) is 0 Å². The molecule has 0 radical (unpaired) electrons. The molecule has 1 aliphatic heterocycles. The minimum absolute atomic E-state index is 0.0331. The summed E-state index contributed by atoms with van der Waals surface area (Å²) in [7, 11) is 1.52. The standard InChI is InChI=1S/C18H18N2O4/c1-9-15-13(20-17(22)16(9)15)8-24-18-12-6-14(23-2)11(7-21)5-10(12)3-4-19-18/h3-7,9,13,15-16H,8H2,1-2H3,(H,20,22). The van der Waals surface area contributed by atoms with Crippen molar-refractivity contribution in [3.63, 3.8) is 0 Å². The Balaban J connectivity index is 1.60. The third kappa shape index (κ3) is 2.21. The van der Waals surface area contributed by atoms with Crippen LogP contribution in [0.25, 0.3) is 10.8 Å². The molecule has 6 heteroatoms. The lowest BCUT2D eigenvalue weighted by molar-refractivity contribution is -0.121. The van der Waals surface area contributed by atoms with E-state index in [1.165, 1.54) is 7.11 Å². The van der Waals surface area contributed by atoms with Crippen LogP contribution in [0.15, 0.2) is 24.4 Å². The molecule has 2 aromatic rings. The maximum Gasteiger partial charge on any atom is 0.224 e. The highest BCUT2D eigenvalue weighted by Crippen LogP contribution is 2.52. The van der Waals surface area contributed by atoms with Crippen molar-refractivity contribution in [2.75, 3.05) is 13.7 Å². The summed E-state index contributed by atoms with van der Waals surface area (Å²) in [6.07, 6.45) is 2.41. The number of methoxy groups -OCH3 is 1. The quantitative estimate of drug-likeness (QED) is 0.848. The summed E-state index contributed by atoms with van der Waals surface area (Å²) in [6, 6.07) is 5.37. The number of carbonyl (C=O) groups excluding carboxylic acids is 2. The van der Waals surface area contributed by atoms with E-state index in [0.29, 0.717) is 35.6 Å². The molecule has 124 valence electrons. The van der Waals surface area contributed by atoms with Gasteiger partial charge in [0.25, 0.3) is 0 Å². The summed E-state index contributed by atoms with van der Waals surface area (Å²) < 4.78 is 11.2. The molecule has 1 aromatic heterocycles. The highest BCUT2D eigenvalue weighted by atomic mass is 16.5. The second-order valence-electron chi connectivity index (χ2n) is 6.44. The zero-order chi connectivity index (χ0) is 16.8. The fraction of sp³-hybridized carbons (Fsp3) is 0.389. The van der Waals surface area contributed by atoms with Crippen molar-refractivity contribution in [2.24, 2.45) is 17.8 Å². The fourth-order valence-corrected chi connectivity index (χ4v) is 3.80. The number of piperidine rings is 1. The second-order valence-corrected chi connectivity index (χ2v) is 6.44. The van der Waals surface area contributed by atoms with Crippen LogP contribution in [0.3, 0.4) is 0 Å². The lowest BCUT2D eigenvalue weighted by Crippen LogP contribution is -2.36. The monoisotopic (exact) mass is 326 g/mol. The van der Waals surface area contributed by atoms with E-state index in [1.807, 2.05) is 6.07 Å². The van der Waals surface area contributed by atoms with Gasteiger partial charge in [0, 0.05) is 17.5 Å². The van der Waals surface area contributed by atoms with E-state index in [0.717, 1.165) is 17.1 Å². The molecule has 2 fully saturated rings. The smallest absolute Gasteiger partial charge is 0.224 e. The van der Waals surface area contributed by atoms with Crippen LogP contribution >= 0.6 is 0 Å². The summed E-state index contributed by atoms with van der Waals surface area (Å²) >= 11 is 0. The summed E-state index contributed by atoms with van der Waals surface area (Å²) in [5.41, 5.74) is 0.486. The van der Waals surface area contributed by atoms with Crippen LogP contribution in [-0.2, 0) is 4.79 Å². The van der Waals surface area contributed by atoms with Crippen LogP contribution in [0.5, 0.6) is 11.6 Å². The minimum Gasteiger partial charge on any atom is -0.496 e. The summed E-state index contributed by atoms with van der Waals surface area (Å²) in [5, 5.41) is 4.62. The van der Waals surface area contributed by atoms with E-state index >= 15 is 0 Å². The van der Waals surface area contributed by atoms with Gasteiger partial charge in [0.2, 0.25) is 11.8 Å². The van der Waals surface area contributed by atoms with Gasteiger partial charge in [-0.25, -0.2) is 4.98 Å². The number of amides is 1. The number of aromatic nitrogens is 1. The van der Waals surface area contributed by atoms with Gasteiger partial charge >= 0.3 is 0 Å². The molecule has 2 aliphatic rings. The maximum absolute atomic E-state index is 11.8. The average molecular weight is 326 g/mol. The average Bonchev–Trinajstić information content (AvgIpc) is 3.15. The Morgan fingerprint density at radius 1 is 1.38 bits per heavy atom. The van der Waals surface area contributed by atoms with E-state index < -0.39 is 0 Å². The fourth-order valence-electron chi connectivity index (χ4n) is 3.80. The third-order valence-corrected chi connectivity index (χ3v) is 5.15. The first-order valence-electron chi connectivity index (χ1n) is 7.99. The van der Waals surface area contributed by atoms with E-state index in [-0.39, 0.29) is 17.9 Å². The largest absolute Gasteiger partial charge is 0.496 e. The second kappa shape index (κ2) is 5.47. The number of hydrogen-bond donors (Lipinski definition) is 1. The SMILES string of the molecule is COc1cc2c(OCC3NC(=O)C4C(C)C34)nccc2cc1C=O. The molecule has 1 N–H and O–H groups in total. The lowest BCUT2D eigenvalue weighted by Gasteiger charge is -2.16. The van der Waals surface area contributed by atoms with Gasteiger partial charge in [0.1, 0.15) is 12.4 Å². The third-order valence-electron chi connectivity index (χ3n) is 5.15. The first-order valence-corrected chi connectivity index (χ1v) is 7.99. The van der Waals surface area contributed by atoms with Crippen molar-refractivity contribution in [3.05, 3.63) is 30.0 Å². The molecule has 1 saturated carbocycles. The molecule has 1 amide bonds. The summed E-state index contributed by atoms with van der Waals surface area (Å²) in [6.45, 7) is 2.49. The minimum atomic E-state index is 0.0331. The number of carbonyl (C=O) groups is 2. The van der Waals surface area contributed by atoms with Gasteiger partial charge in [-0.3, -0.25) is 9.59 Å². The van der Waals surface area contributed by atoms with Crippen LogP contribution in [0.2, 0.25) is 0 Å². The number of aldehydes is 1. The highest BCUT2D eigenvalue weighted by Gasteiger charge is 2.61. The Labute approximate surface area is 139 Å². The number of pyridine rings is 1. The number of nitrogens with one attached hydrogen (secondary N) is 1. The maximum atomic E-state index is 11.8. The number of rotatable bonds is 5. The Morgan fingerprint density at radius 2 is 2.21 bits per heavy atom. The lowest BCUT2D eigenvalue weighted by atomic mass is 10.1. The molecule has 1 saturated heterocycles. The van der Waals surface area contributed by atoms with Gasteiger partial charge in [-0.15, -0.1) is 0 Å². The van der Waals surface area contributed by atoms with E-state index in [9.17, 15) is 9.59 Å². The predicted octanol–water partition coefficient (Wildman–Crippen LogP) is 1.82. The van der Waals surface area contributed by atoms with Crippen molar-refractivity contribution in [2.45, 2.75) is 13.0 Å². The van der Waals surface area contributed by atoms with Crippen molar-refractivity contribution in [3.8, 4) is 11.6 Å². The molecule has 2 heterocycles. The van der Waals surface area contributed by atoms with E-state index in [1.54, 1.807) is 18.3 Å². The van der Waals surface area contributed by atoms with Crippen LogP contribution in [0.4, 0.5) is 0 Å². The first kappa shape index (κ1) is 14.9. The van der Waals surface area contributed by atoms with Crippen LogP contribution in [-0.4, -0.2) is 36.9 Å². The molecule has 6 nitrogen and oxygen atoms in total. The number of ether oxygens (including phenoxy) is 2. The number of benzene rings is 1. The van der Waals surface area contributed by atoms with Gasteiger partial charge in [-0.1, -0.05) is 6.92 Å². The molecule has 0 spiro atoms. The van der Waals surface area contributed by atoms with Crippen LogP contribution in [0, 0.1) is 17.8 Å². The number of hydrogen-bond acceptors (Lipinski definition) is 5. The van der Waals surface area contributed by atoms with Crippen LogP contribution < -0.4 is 14.8 Å². The summed E-state index contributed by atoms with van der Waals surface area (Å²) in [5.74, 6) is 2.04. The highest BCUT2D eigenvalue weighted by molar-refractivity contribution is 5.94. The molecule has 1 aromatic carbocycles. The predicted molar refractivity (Wildman–Crippen MR) is 87.3 cm³/mol. The summed E-state index contributed by atoms with van der Waals surface area (Å²) in [4.78, 5) is 27.2. The Hall–Kier alpha value is -2.63. The topological polar surface area (TPSA) is 77.5 Å². The molecule has 4 rings (SSSR count). The molecular formula is C18H18N2O4. The van der Waals surface area contributed by atoms with Crippen molar-refractivity contribution < 1.29 is 19.1 Å². The number of nitrogens with zero attached hydrogens (tertiary/aromatic N) is 1. The Kier molecular flexibility index (Phi) is 3.40. The Bertz CT molecular complexity index is 835. The number of fused-ring (bicyclic) bond motifs is 2. The van der Waals surface area contributed by atoms with E-state index in [4.69, 9.17) is 9.47 Å². The Morgan fingerprint density at radius 3 is 2.88 bits per heavy atom.